The van der Waals surface area contributed by atoms with Crippen LogP contribution in [-0.4, -0.2) is 10.3 Å². The van der Waals surface area contributed by atoms with Crippen LogP contribution in [0.2, 0.25) is 0 Å². The summed E-state index contributed by atoms with van der Waals surface area (Å²) in [5.74, 6) is 0.619. The molecule has 0 bridgehead atoms. The summed E-state index contributed by atoms with van der Waals surface area (Å²) in [7, 11) is 0. The molecule has 0 unspecified atom stereocenters. The van der Waals surface area contributed by atoms with E-state index in [2.05, 4.69) is 27.5 Å². The number of isothiocyanates is 1. The van der Waals surface area contributed by atoms with Crippen molar-refractivity contribution in [1.82, 2.24) is 5.16 Å². The standard InChI is InChI=1S/C9H10N2OS/c1-6-8(4-12-11-6)9(10-5-13)7-2-3-7/h4,7,9H,2-3H2,1H3/t9-/m1/s1. The molecule has 1 atom stereocenters. The number of hydrogen-bond acceptors (Lipinski definition) is 4. The first-order valence-corrected chi connectivity index (χ1v) is 4.71. The van der Waals surface area contributed by atoms with Crippen LogP contribution in [0.25, 0.3) is 0 Å². The zero-order chi connectivity index (χ0) is 9.26. The minimum Gasteiger partial charge on any atom is -0.364 e. The number of aliphatic imine (C=N–C) groups is 1. The minimum atomic E-state index is 0.128. The van der Waals surface area contributed by atoms with Crippen LogP contribution in [0.1, 0.15) is 30.1 Å². The third-order valence-electron chi connectivity index (χ3n) is 2.37. The second-order valence-electron chi connectivity index (χ2n) is 3.36. The normalized spacial score (nSPS) is 17.9. The molecule has 0 aliphatic heterocycles. The first-order chi connectivity index (χ1) is 6.33. The number of thiocarbonyl (C=S) groups is 1. The second-order valence-corrected chi connectivity index (χ2v) is 3.54. The Morgan fingerprint density at radius 3 is 3.00 bits per heavy atom. The lowest BCUT2D eigenvalue weighted by molar-refractivity contribution is 0.413. The van der Waals surface area contributed by atoms with Crippen LogP contribution >= 0.6 is 12.2 Å². The van der Waals surface area contributed by atoms with Crippen LogP contribution < -0.4 is 0 Å². The highest BCUT2D eigenvalue weighted by atomic mass is 32.1. The van der Waals surface area contributed by atoms with Crippen molar-refractivity contribution in [2.24, 2.45) is 10.9 Å². The summed E-state index contributed by atoms with van der Waals surface area (Å²) in [6, 6.07) is 0.128. The van der Waals surface area contributed by atoms with Crippen LogP contribution in [-0.2, 0) is 0 Å². The molecule has 68 valence electrons. The van der Waals surface area contributed by atoms with E-state index in [-0.39, 0.29) is 6.04 Å². The highest BCUT2D eigenvalue weighted by molar-refractivity contribution is 7.78. The molecular formula is C9H10N2OS. The van der Waals surface area contributed by atoms with Gasteiger partial charge in [0.2, 0.25) is 0 Å². The molecule has 1 aliphatic carbocycles. The smallest absolute Gasteiger partial charge is 0.129 e. The topological polar surface area (TPSA) is 38.4 Å². The summed E-state index contributed by atoms with van der Waals surface area (Å²) in [5.41, 5.74) is 1.96. The number of nitrogens with zero attached hydrogens (tertiary/aromatic N) is 2. The SMILES string of the molecule is Cc1nocc1[C@H](N=C=S)C1CC1. The average molecular weight is 194 g/mol. The van der Waals surface area contributed by atoms with Gasteiger partial charge in [0, 0.05) is 5.56 Å². The largest absolute Gasteiger partial charge is 0.364 e. The number of rotatable bonds is 3. The van der Waals surface area contributed by atoms with E-state index in [1.165, 1.54) is 12.8 Å². The van der Waals surface area contributed by atoms with Gasteiger partial charge >= 0.3 is 0 Å². The molecule has 1 aromatic heterocycles. The quantitative estimate of drug-likeness (QED) is 0.548. The van der Waals surface area contributed by atoms with E-state index in [4.69, 9.17) is 4.52 Å². The summed E-state index contributed by atoms with van der Waals surface area (Å²) in [6.07, 6.45) is 4.10. The Bertz CT molecular complexity index is 350. The molecule has 1 fully saturated rings. The highest BCUT2D eigenvalue weighted by Crippen LogP contribution is 2.43. The fourth-order valence-electron chi connectivity index (χ4n) is 1.48. The van der Waals surface area contributed by atoms with Crippen molar-refractivity contribution in [3.8, 4) is 0 Å². The van der Waals surface area contributed by atoms with E-state index in [1.54, 1.807) is 6.26 Å². The monoisotopic (exact) mass is 194 g/mol. The van der Waals surface area contributed by atoms with Gasteiger partial charge in [-0.1, -0.05) is 5.16 Å². The maximum absolute atomic E-state index is 4.88. The molecule has 0 spiro atoms. The Balaban J connectivity index is 2.29. The number of hydrogen-bond donors (Lipinski definition) is 0. The third-order valence-corrected chi connectivity index (χ3v) is 2.47. The molecule has 2 rings (SSSR count). The first kappa shape index (κ1) is 8.60. The van der Waals surface area contributed by atoms with Gasteiger partial charge in [-0.25, -0.2) is 4.99 Å². The van der Waals surface area contributed by atoms with Gasteiger partial charge in [-0.05, 0) is 37.9 Å². The highest BCUT2D eigenvalue weighted by Gasteiger charge is 2.34. The molecule has 1 aliphatic rings. The molecule has 1 aromatic rings. The first-order valence-electron chi connectivity index (χ1n) is 4.30. The molecule has 1 saturated carbocycles. The van der Waals surface area contributed by atoms with E-state index in [1.807, 2.05) is 6.92 Å². The Labute approximate surface area is 81.8 Å². The van der Waals surface area contributed by atoms with Gasteiger partial charge in [0.25, 0.3) is 0 Å². The van der Waals surface area contributed by atoms with E-state index in [9.17, 15) is 0 Å². The summed E-state index contributed by atoms with van der Waals surface area (Å²) >= 11 is 4.62. The molecule has 0 saturated heterocycles. The Morgan fingerprint density at radius 1 is 1.77 bits per heavy atom. The summed E-state index contributed by atoms with van der Waals surface area (Å²) in [5, 5.41) is 6.28. The van der Waals surface area contributed by atoms with Crippen molar-refractivity contribution in [2.45, 2.75) is 25.8 Å². The molecule has 0 aromatic carbocycles. The Hall–Kier alpha value is -0.990. The van der Waals surface area contributed by atoms with Gasteiger partial charge in [0.1, 0.15) is 6.26 Å². The molecule has 1 heterocycles. The van der Waals surface area contributed by atoms with Crippen LogP contribution in [0, 0.1) is 12.8 Å². The molecule has 0 radical (unpaired) electrons. The van der Waals surface area contributed by atoms with Gasteiger partial charge in [0.15, 0.2) is 0 Å². The van der Waals surface area contributed by atoms with Gasteiger partial charge in [-0.2, -0.15) is 0 Å². The van der Waals surface area contributed by atoms with E-state index in [0.29, 0.717) is 5.92 Å². The zero-order valence-corrected chi connectivity index (χ0v) is 8.17. The van der Waals surface area contributed by atoms with E-state index >= 15 is 0 Å². The van der Waals surface area contributed by atoms with Crippen molar-refractivity contribution in [3.63, 3.8) is 0 Å². The molecule has 3 nitrogen and oxygen atoms in total. The maximum Gasteiger partial charge on any atom is 0.129 e. The van der Waals surface area contributed by atoms with E-state index in [0.717, 1.165) is 11.3 Å². The van der Waals surface area contributed by atoms with E-state index < -0.39 is 0 Å². The third kappa shape index (κ3) is 1.69. The predicted octanol–water partition coefficient (Wildman–Crippen LogP) is 2.54. The van der Waals surface area contributed by atoms with Crippen LogP contribution in [0.4, 0.5) is 0 Å². The summed E-state index contributed by atoms with van der Waals surface area (Å²) in [4.78, 5) is 4.15. The average Bonchev–Trinajstić information content (AvgIpc) is 2.86. The van der Waals surface area contributed by atoms with Crippen molar-refractivity contribution in [2.75, 3.05) is 0 Å². The maximum atomic E-state index is 4.88. The molecule has 0 N–H and O–H groups in total. The van der Waals surface area contributed by atoms with Gasteiger partial charge in [-0.15, -0.1) is 0 Å². The second kappa shape index (κ2) is 3.40. The molecular weight excluding hydrogens is 184 g/mol. The number of aromatic nitrogens is 1. The summed E-state index contributed by atoms with van der Waals surface area (Å²) in [6.45, 7) is 1.92. The lowest BCUT2D eigenvalue weighted by atomic mass is 10.1. The van der Waals surface area contributed by atoms with Crippen LogP contribution in [0.5, 0.6) is 0 Å². The lowest BCUT2D eigenvalue weighted by Crippen LogP contribution is -1.97. The van der Waals surface area contributed by atoms with Gasteiger partial charge in [0.05, 0.1) is 16.9 Å². The van der Waals surface area contributed by atoms with Gasteiger partial charge < -0.3 is 4.52 Å². The zero-order valence-electron chi connectivity index (χ0n) is 7.36. The van der Waals surface area contributed by atoms with Crippen molar-refractivity contribution in [1.29, 1.82) is 0 Å². The van der Waals surface area contributed by atoms with Crippen LogP contribution in [0.15, 0.2) is 15.8 Å². The Kier molecular flexibility index (Phi) is 2.25. The lowest BCUT2D eigenvalue weighted by Gasteiger charge is -2.06. The van der Waals surface area contributed by atoms with Crippen molar-refractivity contribution < 1.29 is 4.52 Å². The Morgan fingerprint density at radius 2 is 2.54 bits per heavy atom. The van der Waals surface area contributed by atoms with Crippen LogP contribution in [0.3, 0.4) is 0 Å². The van der Waals surface area contributed by atoms with Crippen molar-refractivity contribution in [3.05, 3.63) is 17.5 Å². The summed E-state index contributed by atoms with van der Waals surface area (Å²) < 4.78 is 4.88. The fraction of sp³-hybridized carbons (Fsp3) is 0.556. The molecule has 0 amide bonds. The fourth-order valence-corrected chi connectivity index (χ4v) is 1.60. The number of aryl methyl sites for hydroxylation is 1. The molecule has 13 heavy (non-hydrogen) atoms. The minimum absolute atomic E-state index is 0.128. The predicted molar refractivity (Wildman–Crippen MR) is 51.7 cm³/mol. The van der Waals surface area contributed by atoms with Gasteiger partial charge in [-0.3, -0.25) is 0 Å². The molecule has 4 heteroatoms. The van der Waals surface area contributed by atoms with Crippen molar-refractivity contribution >= 4 is 17.4 Å².